The normalized spacial score (nSPS) is 15.5. The van der Waals surface area contributed by atoms with Crippen molar-refractivity contribution in [3.63, 3.8) is 0 Å². The molecule has 86 valence electrons. The van der Waals surface area contributed by atoms with E-state index >= 15 is 0 Å². The first-order valence-corrected chi connectivity index (χ1v) is 5.52. The highest BCUT2D eigenvalue weighted by molar-refractivity contribution is 5.76. The van der Waals surface area contributed by atoms with Gasteiger partial charge in [-0.1, -0.05) is 12.1 Å². The standard InChI is InChI=1S/C12H16N2O2/c15-11-3-1-2-9(6-11)4-5-12(16)14-10-7-13-8-10/h1-3,6,10,13,15H,4-5,7-8H2,(H,14,16). The topological polar surface area (TPSA) is 61.4 Å². The first kappa shape index (κ1) is 11.0. The van der Waals surface area contributed by atoms with E-state index in [-0.39, 0.29) is 11.7 Å². The van der Waals surface area contributed by atoms with Crippen molar-refractivity contribution in [3.05, 3.63) is 29.8 Å². The minimum absolute atomic E-state index is 0.0786. The number of phenolic OH excluding ortho intramolecular Hbond substituents is 1. The molecule has 1 aromatic rings. The van der Waals surface area contributed by atoms with Gasteiger partial charge in [-0.05, 0) is 24.1 Å². The SMILES string of the molecule is O=C(CCc1cccc(O)c1)NC1CNC1. The third-order valence-corrected chi connectivity index (χ3v) is 2.70. The first-order chi connectivity index (χ1) is 7.74. The lowest BCUT2D eigenvalue weighted by Gasteiger charge is -2.27. The van der Waals surface area contributed by atoms with Crippen LogP contribution in [0.5, 0.6) is 5.75 Å². The van der Waals surface area contributed by atoms with Gasteiger partial charge < -0.3 is 15.7 Å². The van der Waals surface area contributed by atoms with Gasteiger partial charge in [0.25, 0.3) is 0 Å². The molecule has 0 radical (unpaired) electrons. The summed E-state index contributed by atoms with van der Waals surface area (Å²) in [6.45, 7) is 1.75. The Labute approximate surface area is 94.7 Å². The number of rotatable bonds is 4. The highest BCUT2D eigenvalue weighted by Crippen LogP contribution is 2.12. The third kappa shape index (κ3) is 2.97. The van der Waals surface area contributed by atoms with Gasteiger partial charge in [0.15, 0.2) is 0 Å². The van der Waals surface area contributed by atoms with Crippen LogP contribution in [0, 0.1) is 0 Å². The fourth-order valence-corrected chi connectivity index (χ4v) is 1.66. The number of hydrogen-bond donors (Lipinski definition) is 3. The van der Waals surface area contributed by atoms with Crippen molar-refractivity contribution in [2.45, 2.75) is 18.9 Å². The highest BCUT2D eigenvalue weighted by atomic mass is 16.3. The summed E-state index contributed by atoms with van der Waals surface area (Å²) in [7, 11) is 0. The second-order valence-corrected chi connectivity index (χ2v) is 4.09. The molecular formula is C12H16N2O2. The number of hydrogen-bond acceptors (Lipinski definition) is 3. The second kappa shape index (κ2) is 4.99. The van der Waals surface area contributed by atoms with E-state index in [9.17, 15) is 9.90 Å². The lowest BCUT2D eigenvalue weighted by Crippen LogP contribution is -2.56. The zero-order valence-electron chi connectivity index (χ0n) is 9.07. The van der Waals surface area contributed by atoms with Crippen LogP contribution >= 0.6 is 0 Å². The van der Waals surface area contributed by atoms with Crippen LogP contribution in [0.4, 0.5) is 0 Å². The van der Waals surface area contributed by atoms with E-state index in [4.69, 9.17) is 0 Å². The number of amides is 1. The molecule has 0 atom stereocenters. The van der Waals surface area contributed by atoms with Gasteiger partial charge in [0.1, 0.15) is 5.75 Å². The molecule has 0 spiro atoms. The number of aryl methyl sites for hydroxylation is 1. The Morgan fingerprint density at radius 3 is 2.94 bits per heavy atom. The highest BCUT2D eigenvalue weighted by Gasteiger charge is 2.18. The molecule has 1 aliphatic heterocycles. The van der Waals surface area contributed by atoms with E-state index in [1.165, 1.54) is 0 Å². The quantitative estimate of drug-likeness (QED) is 0.689. The van der Waals surface area contributed by atoms with Gasteiger partial charge in [0.2, 0.25) is 5.91 Å². The first-order valence-electron chi connectivity index (χ1n) is 5.52. The molecule has 16 heavy (non-hydrogen) atoms. The van der Waals surface area contributed by atoms with Gasteiger partial charge in [0.05, 0.1) is 6.04 Å². The summed E-state index contributed by atoms with van der Waals surface area (Å²) in [5, 5.41) is 15.3. The largest absolute Gasteiger partial charge is 0.508 e. The van der Waals surface area contributed by atoms with Crippen LogP contribution in [0.1, 0.15) is 12.0 Å². The van der Waals surface area contributed by atoms with Crippen molar-refractivity contribution >= 4 is 5.91 Å². The van der Waals surface area contributed by atoms with Gasteiger partial charge >= 0.3 is 0 Å². The molecule has 0 saturated carbocycles. The van der Waals surface area contributed by atoms with E-state index < -0.39 is 0 Å². The van der Waals surface area contributed by atoms with Crippen molar-refractivity contribution in [2.75, 3.05) is 13.1 Å². The molecule has 4 heteroatoms. The zero-order chi connectivity index (χ0) is 11.4. The second-order valence-electron chi connectivity index (χ2n) is 4.09. The van der Waals surface area contributed by atoms with Crippen molar-refractivity contribution in [1.29, 1.82) is 0 Å². The van der Waals surface area contributed by atoms with Crippen LogP contribution in [0.25, 0.3) is 0 Å². The zero-order valence-corrected chi connectivity index (χ0v) is 9.07. The molecule has 2 rings (SSSR count). The Morgan fingerprint density at radius 2 is 2.31 bits per heavy atom. The Balaban J connectivity index is 1.75. The molecule has 0 bridgehead atoms. The molecular weight excluding hydrogens is 204 g/mol. The molecule has 1 aliphatic rings. The van der Waals surface area contributed by atoms with Crippen molar-refractivity contribution < 1.29 is 9.90 Å². The Bertz CT molecular complexity index is 375. The van der Waals surface area contributed by atoms with Gasteiger partial charge in [-0.2, -0.15) is 0 Å². The number of benzene rings is 1. The summed E-state index contributed by atoms with van der Waals surface area (Å²) in [5.41, 5.74) is 0.988. The van der Waals surface area contributed by atoms with Gasteiger partial charge in [-0.25, -0.2) is 0 Å². The average molecular weight is 220 g/mol. The molecule has 0 unspecified atom stereocenters. The van der Waals surface area contributed by atoms with E-state index in [0.717, 1.165) is 18.7 Å². The lowest BCUT2D eigenvalue weighted by atomic mass is 10.1. The molecule has 1 fully saturated rings. The number of aromatic hydroxyl groups is 1. The summed E-state index contributed by atoms with van der Waals surface area (Å²) < 4.78 is 0. The predicted octanol–water partition coefficient (Wildman–Crippen LogP) is 0.413. The predicted molar refractivity (Wildman–Crippen MR) is 61.2 cm³/mol. The monoisotopic (exact) mass is 220 g/mol. The molecule has 0 aromatic heterocycles. The van der Waals surface area contributed by atoms with Crippen LogP contribution < -0.4 is 10.6 Å². The number of carbonyl (C=O) groups excluding carboxylic acids is 1. The average Bonchev–Trinajstić information content (AvgIpc) is 2.21. The molecule has 1 heterocycles. The summed E-state index contributed by atoms with van der Waals surface area (Å²) in [6.07, 6.45) is 1.14. The fraction of sp³-hybridized carbons (Fsp3) is 0.417. The minimum atomic E-state index is 0.0786. The van der Waals surface area contributed by atoms with Crippen molar-refractivity contribution in [1.82, 2.24) is 10.6 Å². The lowest BCUT2D eigenvalue weighted by molar-refractivity contribution is -0.122. The van der Waals surface area contributed by atoms with Crippen LogP contribution in [-0.2, 0) is 11.2 Å². The molecule has 3 N–H and O–H groups in total. The maximum atomic E-state index is 11.5. The fourth-order valence-electron chi connectivity index (χ4n) is 1.66. The molecule has 1 aromatic carbocycles. The van der Waals surface area contributed by atoms with E-state index in [1.807, 2.05) is 6.07 Å². The smallest absolute Gasteiger partial charge is 0.220 e. The Hall–Kier alpha value is -1.55. The maximum Gasteiger partial charge on any atom is 0.220 e. The minimum Gasteiger partial charge on any atom is -0.508 e. The molecule has 1 saturated heterocycles. The number of phenols is 1. The summed E-state index contributed by atoms with van der Waals surface area (Å²) in [6, 6.07) is 7.33. The van der Waals surface area contributed by atoms with Crippen LogP contribution in [0.15, 0.2) is 24.3 Å². The van der Waals surface area contributed by atoms with Crippen LogP contribution in [-0.4, -0.2) is 30.1 Å². The molecule has 4 nitrogen and oxygen atoms in total. The van der Waals surface area contributed by atoms with E-state index in [1.54, 1.807) is 18.2 Å². The maximum absolute atomic E-state index is 11.5. The van der Waals surface area contributed by atoms with Crippen molar-refractivity contribution in [3.8, 4) is 5.75 Å². The summed E-state index contributed by atoms with van der Waals surface area (Å²) >= 11 is 0. The number of nitrogens with one attached hydrogen (secondary N) is 2. The van der Waals surface area contributed by atoms with Crippen molar-refractivity contribution in [2.24, 2.45) is 0 Å². The van der Waals surface area contributed by atoms with Crippen LogP contribution in [0.3, 0.4) is 0 Å². The Kier molecular flexibility index (Phi) is 3.41. The van der Waals surface area contributed by atoms with E-state index in [2.05, 4.69) is 10.6 Å². The van der Waals surface area contributed by atoms with Crippen LogP contribution in [0.2, 0.25) is 0 Å². The summed E-state index contributed by atoms with van der Waals surface area (Å²) in [5.74, 6) is 0.330. The van der Waals surface area contributed by atoms with Gasteiger partial charge in [0, 0.05) is 19.5 Å². The molecule has 0 aliphatic carbocycles. The summed E-state index contributed by atoms with van der Waals surface area (Å²) in [4.78, 5) is 11.5. The Morgan fingerprint density at radius 1 is 1.50 bits per heavy atom. The molecule has 1 amide bonds. The van der Waals surface area contributed by atoms with E-state index in [0.29, 0.717) is 18.9 Å². The van der Waals surface area contributed by atoms with Gasteiger partial charge in [-0.3, -0.25) is 4.79 Å². The third-order valence-electron chi connectivity index (χ3n) is 2.70. The number of carbonyl (C=O) groups is 1. The van der Waals surface area contributed by atoms with Gasteiger partial charge in [-0.15, -0.1) is 0 Å².